The van der Waals surface area contributed by atoms with E-state index in [1.165, 1.54) is 5.52 Å². The van der Waals surface area contributed by atoms with Crippen molar-refractivity contribution in [3.63, 3.8) is 0 Å². The van der Waals surface area contributed by atoms with Crippen molar-refractivity contribution in [2.24, 2.45) is 5.92 Å². The molecule has 2 aromatic carbocycles. The Bertz CT molecular complexity index is 880. The average Bonchev–Trinajstić information content (AvgIpc) is 2.99. The number of para-hydroxylation sites is 2. The van der Waals surface area contributed by atoms with Gasteiger partial charge in [0.15, 0.2) is 0 Å². The van der Waals surface area contributed by atoms with E-state index < -0.39 is 0 Å². The first-order valence-corrected chi connectivity index (χ1v) is 9.37. The highest BCUT2D eigenvalue weighted by molar-refractivity contribution is 5.94. The molecular formula is C22H27N3O. The minimum Gasteiger partial charge on any atom is -0.352 e. The van der Waals surface area contributed by atoms with E-state index in [1.807, 2.05) is 37.3 Å². The summed E-state index contributed by atoms with van der Waals surface area (Å²) in [7, 11) is 0. The van der Waals surface area contributed by atoms with E-state index in [0.717, 1.165) is 36.3 Å². The molecule has 1 aromatic heterocycles. The van der Waals surface area contributed by atoms with Gasteiger partial charge >= 0.3 is 0 Å². The van der Waals surface area contributed by atoms with Crippen LogP contribution < -0.4 is 5.32 Å². The zero-order valence-electron chi connectivity index (χ0n) is 15.8. The van der Waals surface area contributed by atoms with Gasteiger partial charge < -0.3 is 9.88 Å². The molecule has 0 fully saturated rings. The Morgan fingerprint density at radius 2 is 1.88 bits per heavy atom. The summed E-state index contributed by atoms with van der Waals surface area (Å²) in [4.78, 5) is 17.1. The van der Waals surface area contributed by atoms with Gasteiger partial charge in [0.1, 0.15) is 5.82 Å². The number of aryl methyl sites for hydroxylation is 1. The van der Waals surface area contributed by atoms with Crippen LogP contribution in [-0.2, 0) is 13.0 Å². The first-order chi connectivity index (χ1) is 12.6. The lowest BCUT2D eigenvalue weighted by Gasteiger charge is -2.14. The molecule has 1 N–H and O–H groups in total. The van der Waals surface area contributed by atoms with Crippen molar-refractivity contribution in [3.8, 4) is 0 Å². The van der Waals surface area contributed by atoms with Crippen LogP contribution in [0.2, 0.25) is 0 Å². The molecule has 0 radical (unpaired) electrons. The molecule has 3 rings (SSSR count). The van der Waals surface area contributed by atoms with Gasteiger partial charge in [-0.15, -0.1) is 0 Å². The number of nitrogens with one attached hydrogen (secondary N) is 1. The Labute approximate surface area is 155 Å². The predicted molar refractivity (Wildman–Crippen MR) is 106 cm³/mol. The van der Waals surface area contributed by atoms with Gasteiger partial charge in [-0.25, -0.2) is 4.98 Å². The molecule has 26 heavy (non-hydrogen) atoms. The molecule has 1 heterocycles. The fourth-order valence-electron chi connectivity index (χ4n) is 3.06. The number of rotatable bonds is 7. The van der Waals surface area contributed by atoms with Crippen LogP contribution in [0, 0.1) is 12.8 Å². The number of amides is 1. The highest BCUT2D eigenvalue weighted by Gasteiger charge is 2.13. The van der Waals surface area contributed by atoms with Crippen molar-refractivity contribution in [2.45, 2.75) is 40.2 Å². The number of fused-ring (bicyclic) bond motifs is 1. The van der Waals surface area contributed by atoms with E-state index in [2.05, 4.69) is 41.9 Å². The van der Waals surface area contributed by atoms with E-state index in [4.69, 9.17) is 4.98 Å². The molecule has 4 nitrogen and oxygen atoms in total. The summed E-state index contributed by atoms with van der Waals surface area (Å²) in [5, 5.41) is 3.01. The molecule has 0 bridgehead atoms. The summed E-state index contributed by atoms with van der Waals surface area (Å²) in [5.74, 6) is 1.60. The van der Waals surface area contributed by atoms with Crippen LogP contribution in [0.15, 0.2) is 48.5 Å². The Balaban J connectivity index is 1.70. The second kappa shape index (κ2) is 8.17. The summed E-state index contributed by atoms with van der Waals surface area (Å²) < 4.78 is 2.31. The van der Waals surface area contributed by atoms with Crippen LogP contribution in [0.25, 0.3) is 11.0 Å². The van der Waals surface area contributed by atoms with Gasteiger partial charge in [0.05, 0.1) is 11.0 Å². The second-order valence-electron chi connectivity index (χ2n) is 7.01. The average molecular weight is 349 g/mol. The molecule has 3 aromatic rings. The Morgan fingerprint density at radius 1 is 1.15 bits per heavy atom. The molecule has 136 valence electrons. The number of hydrogen-bond donors (Lipinski definition) is 1. The van der Waals surface area contributed by atoms with Crippen molar-refractivity contribution < 1.29 is 4.79 Å². The molecule has 0 aliphatic carbocycles. The normalized spacial score (nSPS) is 12.3. The third-order valence-corrected chi connectivity index (χ3v) is 4.87. The topological polar surface area (TPSA) is 46.9 Å². The van der Waals surface area contributed by atoms with Gasteiger partial charge in [-0.05, 0) is 37.1 Å². The molecule has 1 unspecified atom stereocenters. The summed E-state index contributed by atoms with van der Waals surface area (Å²) in [6, 6.07) is 15.9. The number of aromatic nitrogens is 2. The first-order valence-electron chi connectivity index (χ1n) is 9.37. The molecule has 0 saturated carbocycles. The molecule has 0 aliphatic heterocycles. The van der Waals surface area contributed by atoms with Crippen LogP contribution in [0.5, 0.6) is 0 Å². The van der Waals surface area contributed by atoms with Gasteiger partial charge in [-0.3, -0.25) is 4.79 Å². The van der Waals surface area contributed by atoms with Crippen LogP contribution in [0.4, 0.5) is 0 Å². The summed E-state index contributed by atoms with van der Waals surface area (Å²) >= 11 is 0. The lowest BCUT2D eigenvalue weighted by atomic mass is 10.1. The van der Waals surface area contributed by atoms with Crippen LogP contribution in [0.1, 0.15) is 42.0 Å². The molecule has 4 heteroatoms. The van der Waals surface area contributed by atoms with Crippen molar-refractivity contribution in [1.82, 2.24) is 14.9 Å². The van der Waals surface area contributed by atoms with Crippen LogP contribution in [0.3, 0.4) is 0 Å². The number of hydrogen-bond acceptors (Lipinski definition) is 2. The number of nitrogens with zero attached hydrogens (tertiary/aromatic N) is 2. The lowest BCUT2D eigenvalue weighted by molar-refractivity contribution is 0.0954. The Hall–Kier alpha value is -2.62. The molecule has 1 amide bonds. The predicted octanol–water partition coefficient (Wildman–Crippen LogP) is 4.36. The first kappa shape index (κ1) is 18.2. The van der Waals surface area contributed by atoms with Crippen molar-refractivity contribution in [3.05, 3.63) is 65.5 Å². The van der Waals surface area contributed by atoms with Gasteiger partial charge in [0.2, 0.25) is 0 Å². The lowest BCUT2D eigenvalue weighted by Crippen LogP contribution is -2.26. The van der Waals surface area contributed by atoms with E-state index in [-0.39, 0.29) is 5.91 Å². The molecule has 1 atom stereocenters. The van der Waals surface area contributed by atoms with E-state index in [1.54, 1.807) is 0 Å². The van der Waals surface area contributed by atoms with Gasteiger partial charge in [0.25, 0.3) is 5.91 Å². The largest absolute Gasteiger partial charge is 0.352 e. The number of benzene rings is 2. The van der Waals surface area contributed by atoms with Crippen LogP contribution >= 0.6 is 0 Å². The summed E-state index contributed by atoms with van der Waals surface area (Å²) in [5.41, 5.74) is 4.05. The highest BCUT2D eigenvalue weighted by atomic mass is 16.1. The smallest absolute Gasteiger partial charge is 0.251 e. The van der Waals surface area contributed by atoms with Crippen LogP contribution in [-0.4, -0.2) is 22.0 Å². The maximum absolute atomic E-state index is 12.3. The maximum atomic E-state index is 12.3. The maximum Gasteiger partial charge on any atom is 0.251 e. The summed E-state index contributed by atoms with van der Waals surface area (Å²) in [6.45, 7) is 8.03. The van der Waals surface area contributed by atoms with Gasteiger partial charge in [-0.2, -0.15) is 0 Å². The second-order valence-corrected chi connectivity index (χ2v) is 7.01. The van der Waals surface area contributed by atoms with E-state index in [0.29, 0.717) is 18.0 Å². The zero-order valence-corrected chi connectivity index (χ0v) is 15.8. The molecule has 0 saturated heterocycles. The fourth-order valence-corrected chi connectivity index (χ4v) is 3.06. The van der Waals surface area contributed by atoms with Crippen molar-refractivity contribution in [2.75, 3.05) is 6.54 Å². The quantitative estimate of drug-likeness (QED) is 0.689. The van der Waals surface area contributed by atoms with E-state index >= 15 is 0 Å². The Morgan fingerprint density at radius 3 is 2.62 bits per heavy atom. The number of imidazole rings is 1. The minimum atomic E-state index is -0.0328. The van der Waals surface area contributed by atoms with E-state index in [9.17, 15) is 4.79 Å². The summed E-state index contributed by atoms with van der Waals surface area (Å²) in [6.07, 6.45) is 1.86. The molecule has 0 aliphatic rings. The minimum absolute atomic E-state index is 0.0328. The SMILES string of the molecule is CCC(C)Cn1c(CCNC(=O)c2ccc(C)cc2)nc2ccccc21. The van der Waals surface area contributed by atoms with Gasteiger partial charge in [0, 0.05) is 25.1 Å². The van der Waals surface area contributed by atoms with Crippen molar-refractivity contribution >= 4 is 16.9 Å². The fraction of sp³-hybridized carbons (Fsp3) is 0.364. The third-order valence-electron chi connectivity index (χ3n) is 4.87. The third kappa shape index (κ3) is 4.13. The highest BCUT2D eigenvalue weighted by Crippen LogP contribution is 2.19. The number of carbonyl (C=O) groups excluding carboxylic acids is 1. The number of carbonyl (C=O) groups is 1. The molecular weight excluding hydrogens is 322 g/mol. The monoisotopic (exact) mass is 349 g/mol. The Kier molecular flexibility index (Phi) is 5.71. The molecule has 0 spiro atoms. The standard InChI is InChI=1S/C22H27N3O/c1-4-16(2)15-25-20-8-6-5-7-19(20)24-21(25)13-14-23-22(26)18-11-9-17(3)10-12-18/h5-12,16H,4,13-15H2,1-3H3,(H,23,26). The van der Waals surface area contributed by atoms with Crippen molar-refractivity contribution in [1.29, 1.82) is 0 Å². The van der Waals surface area contributed by atoms with Gasteiger partial charge in [-0.1, -0.05) is 50.1 Å². The zero-order chi connectivity index (χ0) is 18.5.